The van der Waals surface area contributed by atoms with Gasteiger partial charge in [-0.15, -0.1) is 12.4 Å². The Hall–Kier alpha value is -2.07. The number of nitrogens with zero attached hydrogens (tertiary/aromatic N) is 3. The van der Waals surface area contributed by atoms with E-state index in [1.165, 1.54) is 0 Å². The Balaban J connectivity index is 0.00000225. The van der Waals surface area contributed by atoms with Gasteiger partial charge in [-0.05, 0) is 38.1 Å². The van der Waals surface area contributed by atoms with Crippen LogP contribution >= 0.6 is 12.4 Å². The first-order valence-electron chi connectivity index (χ1n) is 8.03. The van der Waals surface area contributed by atoms with Crippen LogP contribution in [0.2, 0.25) is 0 Å². The molecule has 0 atom stereocenters. The summed E-state index contributed by atoms with van der Waals surface area (Å²) in [7, 11) is 0. The van der Waals surface area contributed by atoms with Gasteiger partial charge in [-0.2, -0.15) is 5.26 Å². The largest absolute Gasteiger partial charge is 0.483 e. The Bertz CT molecular complexity index is 740. The molecule has 3 rings (SSSR count). The number of fused-ring (bicyclic) bond motifs is 1. The highest BCUT2D eigenvalue weighted by Crippen LogP contribution is 2.38. The number of aliphatic hydroxyl groups is 1. The number of rotatable bonds is 3. The van der Waals surface area contributed by atoms with Gasteiger partial charge in [-0.1, -0.05) is 0 Å². The average Bonchev–Trinajstić information content (AvgIpc) is 2.53. The van der Waals surface area contributed by atoms with Crippen LogP contribution in [0.1, 0.15) is 25.0 Å². The molecule has 7 heteroatoms. The topological polar surface area (TPSA) is 76.8 Å². The van der Waals surface area contributed by atoms with Crippen LogP contribution in [0.5, 0.6) is 5.75 Å². The molecular formula is C18H22ClN3O3. The lowest BCUT2D eigenvalue weighted by atomic mass is 9.96. The van der Waals surface area contributed by atoms with Crippen molar-refractivity contribution >= 4 is 24.0 Å². The second-order valence-electron chi connectivity index (χ2n) is 6.60. The Morgan fingerprint density at radius 1 is 1.36 bits per heavy atom. The smallest absolute Gasteiger partial charge is 0.241 e. The summed E-state index contributed by atoms with van der Waals surface area (Å²) in [5, 5.41) is 18.2. The van der Waals surface area contributed by atoms with Gasteiger partial charge >= 0.3 is 0 Å². The van der Waals surface area contributed by atoms with Crippen LogP contribution in [-0.2, 0) is 4.79 Å². The van der Waals surface area contributed by atoms with Gasteiger partial charge in [0.15, 0.2) is 0 Å². The molecular weight excluding hydrogens is 342 g/mol. The standard InChI is InChI=1S/C18H21N3O3.ClH/c1-18(2)10-15(14-9-13(11-19)3-4-16(14)24-18)21-6-5-20(7-8-22)12-17(21)23;/h3-4,9-10,22H,5-8,12H2,1-2H3;1H. The number of hydrogen-bond donors (Lipinski definition) is 1. The molecule has 1 fully saturated rings. The number of carbonyl (C=O) groups is 1. The number of nitriles is 1. The van der Waals surface area contributed by atoms with Crippen LogP contribution in [0, 0.1) is 11.3 Å². The molecule has 0 unspecified atom stereocenters. The minimum Gasteiger partial charge on any atom is -0.483 e. The van der Waals surface area contributed by atoms with E-state index in [0.717, 1.165) is 11.3 Å². The van der Waals surface area contributed by atoms with Crippen molar-refractivity contribution in [1.29, 1.82) is 5.26 Å². The highest BCUT2D eigenvalue weighted by Gasteiger charge is 2.34. The van der Waals surface area contributed by atoms with Crippen LogP contribution in [0.3, 0.4) is 0 Å². The monoisotopic (exact) mass is 363 g/mol. The van der Waals surface area contributed by atoms with E-state index < -0.39 is 5.60 Å². The number of hydrogen-bond acceptors (Lipinski definition) is 5. The third-order valence-corrected chi connectivity index (χ3v) is 4.25. The Morgan fingerprint density at radius 2 is 2.12 bits per heavy atom. The van der Waals surface area contributed by atoms with Crippen molar-refractivity contribution in [2.75, 3.05) is 32.8 Å². The zero-order chi connectivity index (χ0) is 17.3. The maximum absolute atomic E-state index is 12.6. The van der Waals surface area contributed by atoms with Gasteiger partial charge in [0.25, 0.3) is 0 Å². The zero-order valence-corrected chi connectivity index (χ0v) is 15.2. The van der Waals surface area contributed by atoms with Crippen molar-refractivity contribution in [1.82, 2.24) is 9.80 Å². The number of benzene rings is 1. The molecule has 1 saturated heterocycles. The molecule has 2 aliphatic heterocycles. The van der Waals surface area contributed by atoms with Crippen molar-refractivity contribution in [2.45, 2.75) is 19.4 Å². The molecule has 2 heterocycles. The third kappa shape index (κ3) is 3.96. The molecule has 0 aromatic heterocycles. The molecule has 0 radical (unpaired) electrons. The van der Waals surface area contributed by atoms with Crippen LogP contribution in [0.25, 0.3) is 5.70 Å². The van der Waals surface area contributed by atoms with Crippen molar-refractivity contribution in [3.8, 4) is 11.8 Å². The van der Waals surface area contributed by atoms with Crippen LogP contribution in [-0.4, -0.2) is 59.2 Å². The van der Waals surface area contributed by atoms with Crippen molar-refractivity contribution in [3.05, 3.63) is 35.4 Å². The Labute approximate surface area is 153 Å². The summed E-state index contributed by atoms with van der Waals surface area (Å²) in [4.78, 5) is 16.3. The van der Waals surface area contributed by atoms with E-state index in [0.29, 0.717) is 30.9 Å². The van der Waals surface area contributed by atoms with E-state index in [-0.39, 0.29) is 31.5 Å². The maximum Gasteiger partial charge on any atom is 0.241 e. The van der Waals surface area contributed by atoms with E-state index in [9.17, 15) is 4.79 Å². The minimum atomic E-state index is -0.529. The van der Waals surface area contributed by atoms with Crippen molar-refractivity contribution in [2.24, 2.45) is 0 Å². The summed E-state index contributed by atoms with van der Waals surface area (Å²) < 4.78 is 5.97. The lowest BCUT2D eigenvalue weighted by Gasteiger charge is -2.39. The van der Waals surface area contributed by atoms with E-state index in [1.54, 1.807) is 23.1 Å². The first kappa shape index (κ1) is 19.3. The number of halogens is 1. The molecule has 1 aromatic carbocycles. The highest BCUT2D eigenvalue weighted by atomic mass is 35.5. The number of β-amino-alcohol motifs (C(OH)–C–C–N with tert-alkyl or cyclic N) is 1. The molecule has 0 saturated carbocycles. The van der Waals surface area contributed by atoms with Gasteiger partial charge in [0.05, 0.1) is 30.5 Å². The first-order valence-corrected chi connectivity index (χ1v) is 8.03. The highest BCUT2D eigenvalue weighted by molar-refractivity contribution is 5.90. The lowest BCUT2D eigenvalue weighted by molar-refractivity contribution is -0.132. The predicted molar refractivity (Wildman–Crippen MR) is 96.3 cm³/mol. The number of piperazine rings is 1. The SMILES string of the molecule is CC1(C)C=C(N2CCN(CCO)CC2=O)c2cc(C#N)ccc2O1.Cl. The number of ether oxygens (including phenoxy) is 1. The molecule has 1 N–H and O–H groups in total. The van der Waals surface area contributed by atoms with Crippen molar-refractivity contribution in [3.63, 3.8) is 0 Å². The minimum absolute atomic E-state index is 0. The maximum atomic E-state index is 12.6. The van der Waals surface area contributed by atoms with Gasteiger partial charge in [0.1, 0.15) is 11.4 Å². The van der Waals surface area contributed by atoms with Crippen LogP contribution in [0.4, 0.5) is 0 Å². The molecule has 25 heavy (non-hydrogen) atoms. The van der Waals surface area contributed by atoms with Crippen LogP contribution in [0.15, 0.2) is 24.3 Å². The number of aliphatic hydroxyl groups excluding tert-OH is 1. The summed E-state index contributed by atoms with van der Waals surface area (Å²) in [6.07, 6.45) is 1.94. The van der Waals surface area contributed by atoms with Gasteiger partial charge in [0, 0.05) is 25.2 Å². The zero-order valence-electron chi connectivity index (χ0n) is 14.4. The molecule has 1 aromatic rings. The Kier molecular flexibility index (Phi) is 5.73. The summed E-state index contributed by atoms with van der Waals surface area (Å²) in [6, 6.07) is 7.41. The van der Waals surface area contributed by atoms with E-state index >= 15 is 0 Å². The second kappa shape index (κ2) is 7.44. The first-order chi connectivity index (χ1) is 11.4. The number of carbonyl (C=O) groups excluding carboxylic acids is 1. The predicted octanol–water partition coefficient (Wildman–Crippen LogP) is 1.63. The molecule has 0 aliphatic carbocycles. The summed E-state index contributed by atoms with van der Waals surface area (Å²) in [6.45, 7) is 5.98. The van der Waals surface area contributed by atoms with Gasteiger partial charge in [-0.3, -0.25) is 9.69 Å². The average molecular weight is 364 g/mol. The van der Waals surface area contributed by atoms with E-state index in [4.69, 9.17) is 15.1 Å². The summed E-state index contributed by atoms with van der Waals surface area (Å²) in [5.74, 6) is 0.675. The van der Waals surface area contributed by atoms with Crippen LogP contribution < -0.4 is 4.74 Å². The quantitative estimate of drug-likeness (QED) is 0.883. The molecule has 134 valence electrons. The fraction of sp³-hybridized carbons (Fsp3) is 0.444. The molecule has 0 bridgehead atoms. The molecule has 2 aliphatic rings. The third-order valence-electron chi connectivity index (χ3n) is 4.25. The summed E-state index contributed by atoms with van der Waals surface area (Å²) >= 11 is 0. The number of amides is 1. The molecule has 1 amide bonds. The van der Waals surface area contributed by atoms with Gasteiger partial charge in [0.2, 0.25) is 5.91 Å². The lowest BCUT2D eigenvalue weighted by Crippen LogP contribution is -2.50. The Morgan fingerprint density at radius 3 is 2.76 bits per heavy atom. The second-order valence-corrected chi connectivity index (χ2v) is 6.60. The fourth-order valence-corrected chi connectivity index (χ4v) is 3.14. The van der Waals surface area contributed by atoms with E-state index in [2.05, 4.69) is 6.07 Å². The fourth-order valence-electron chi connectivity index (χ4n) is 3.14. The molecule has 0 spiro atoms. The van der Waals surface area contributed by atoms with E-state index in [1.807, 2.05) is 24.8 Å². The van der Waals surface area contributed by atoms with Gasteiger partial charge in [-0.25, -0.2) is 0 Å². The summed E-state index contributed by atoms with van der Waals surface area (Å²) in [5.41, 5.74) is 1.58. The molecule has 6 nitrogen and oxygen atoms in total. The van der Waals surface area contributed by atoms with Crippen molar-refractivity contribution < 1.29 is 14.6 Å². The normalized spacial score (nSPS) is 19.2. The van der Waals surface area contributed by atoms with Gasteiger partial charge < -0.3 is 14.7 Å².